The van der Waals surface area contributed by atoms with E-state index in [0.717, 1.165) is 62.0 Å². The molecule has 12 nitrogen and oxygen atoms in total. The number of aliphatic hydroxyl groups excluding tert-OH is 1. The van der Waals surface area contributed by atoms with Gasteiger partial charge in [0, 0.05) is 63.1 Å². The number of nitrogens with one attached hydrogen (secondary N) is 1. The number of aliphatic hydroxyl groups is 1. The summed E-state index contributed by atoms with van der Waals surface area (Å²) in [7, 11) is 1.00. The Morgan fingerprint density at radius 3 is 1.02 bits per heavy atom. The van der Waals surface area contributed by atoms with E-state index in [2.05, 4.69) is 4.99 Å². The smallest absolute Gasteiger partial charge is 0.400 e. The fourth-order valence-electron chi connectivity index (χ4n) is 6.61. The normalized spacial score (nSPS) is 12.0. The molecule has 0 unspecified atom stereocenters. The molecule has 6 heterocycles. The van der Waals surface area contributed by atoms with Crippen molar-refractivity contribution in [3.05, 3.63) is 132 Å². The molecule has 8 bridgehead atoms. The van der Waals surface area contributed by atoms with E-state index < -0.39 is 0 Å². The molecular weight excluding hydrogens is 726 g/mol. The molecule has 13 heteroatoms. The average molecular weight is 753 g/mol. The summed E-state index contributed by atoms with van der Waals surface area (Å²) in [6.07, 6.45) is 0. The SMILES string of the molecule is CO.N=C1N=C(N)c2ccccc21.[Cu+2].c1ccc2c(c1)-c1nc-2nc2[n-]c(nc3nc(nc4[n-]c(n1)c1ccccc41)-c1ccccc1-3)c1ccccc21. The molecule has 0 spiro atoms. The zero-order valence-corrected chi connectivity index (χ0v) is 29.3. The molecular formula is C41H27CuN11O. The second-order valence-corrected chi connectivity index (χ2v) is 12.1. The Morgan fingerprint density at radius 1 is 0.426 bits per heavy atom. The second kappa shape index (κ2) is 13.9. The molecule has 3 aromatic heterocycles. The average Bonchev–Trinajstić information content (AvgIpc) is 4.00. The van der Waals surface area contributed by atoms with Crippen LogP contribution in [0.25, 0.3) is 89.7 Å². The maximum absolute atomic E-state index is 7.39. The number of nitrogens with two attached hydrogens (primary N) is 1. The molecule has 8 aromatic rings. The van der Waals surface area contributed by atoms with E-state index in [0.29, 0.717) is 51.7 Å². The zero-order chi connectivity index (χ0) is 36.1. The maximum atomic E-state index is 7.39. The van der Waals surface area contributed by atoms with Crippen LogP contribution >= 0.6 is 0 Å². The number of fused-ring (bicyclic) bond motifs is 21. The van der Waals surface area contributed by atoms with E-state index in [1.807, 2.05) is 121 Å². The first kappa shape index (κ1) is 34.2. The van der Waals surface area contributed by atoms with Gasteiger partial charge in [-0.2, -0.15) is 0 Å². The Hall–Kier alpha value is -6.92. The topological polar surface area (TPSA) is 188 Å². The summed E-state index contributed by atoms with van der Waals surface area (Å²) in [5, 5.41) is 18.0. The largest absolute Gasteiger partial charge is 2.00 e. The van der Waals surface area contributed by atoms with Gasteiger partial charge >= 0.3 is 17.1 Å². The molecule has 1 radical (unpaired) electrons. The van der Waals surface area contributed by atoms with Crippen LogP contribution in [0.4, 0.5) is 0 Å². The fourth-order valence-corrected chi connectivity index (χ4v) is 6.61. The van der Waals surface area contributed by atoms with Crippen molar-refractivity contribution >= 4 is 55.8 Å². The third-order valence-corrected chi connectivity index (χ3v) is 9.02. The van der Waals surface area contributed by atoms with Crippen molar-refractivity contribution in [2.45, 2.75) is 0 Å². The number of hydrogen-bond acceptors (Lipinski definition) is 9. The first-order valence-corrected chi connectivity index (χ1v) is 16.6. The molecule has 0 saturated carbocycles. The molecule has 3 aliphatic heterocycles. The number of aromatic nitrogens is 8. The Labute approximate surface area is 318 Å². The Balaban J connectivity index is 0.000000253. The first-order valence-electron chi connectivity index (χ1n) is 16.6. The minimum absolute atomic E-state index is 0. The van der Waals surface area contributed by atoms with Gasteiger partial charge in [0.15, 0.2) is 5.84 Å². The summed E-state index contributed by atoms with van der Waals surface area (Å²) < 4.78 is 0. The molecule has 11 rings (SSSR count). The monoisotopic (exact) mass is 752 g/mol. The van der Waals surface area contributed by atoms with Gasteiger partial charge in [-0.1, -0.05) is 121 Å². The molecule has 0 fully saturated rings. The van der Waals surface area contributed by atoms with E-state index >= 15 is 0 Å². The van der Waals surface area contributed by atoms with Crippen molar-refractivity contribution in [2.24, 2.45) is 10.7 Å². The summed E-state index contributed by atoms with van der Waals surface area (Å²) in [5.41, 5.74) is 13.0. The van der Waals surface area contributed by atoms with Crippen LogP contribution < -0.4 is 15.7 Å². The molecule has 0 aliphatic carbocycles. The van der Waals surface area contributed by atoms with Crippen molar-refractivity contribution in [3.63, 3.8) is 0 Å². The van der Waals surface area contributed by atoms with Gasteiger partial charge in [0.25, 0.3) is 0 Å². The first-order chi connectivity index (χ1) is 26.1. The van der Waals surface area contributed by atoms with Gasteiger partial charge in [-0.15, -0.1) is 0 Å². The number of amidine groups is 2. The Kier molecular flexibility index (Phi) is 8.80. The summed E-state index contributed by atoms with van der Waals surface area (Å²) in [6.45, 7) is 0. The van der Waals surface area contributed by atoms with Crippen molar-refractivity contribution in [1.29, 1.82) is 5.41 Å². The molecule has 0 saturated heterocycles. The van der Waals surface area contributed by atoms with Crippen LogP contribution in [0.2, 0.25) is 0 Å². The van der Waals surface area contributed by atoms with Crippen LogP contribution in [-0.2, 0) is 17.1 Å². The number of aliphatic imine (C=N–C) groups is 1. The minimum Gasteiger partial charge on any atom is -0.400 e. The zero-order valence-electron chi connectivity index (χ0n) is 28.4. The van der Waals surface area contributed by atoms with Gasteiger partial charge in [0.1, 0.15) is 5.84 Å². The van der Waals surface area contributed by atoms with E-state index in [1.165, 1.54) is 0 Å². The van der Waals surface area contributed by atoms with Crippen LogP contribution in [0.5, 0.6) is 0 Å². The molecule has 263 valence electrons. The number of rotatable bonds is 0. The summed E-state index contributed by atoms with van der Waals surface area (Å²) in [6, 6.07) is 39.3. The number of benzene rings is 5. The quantitative estimate of drug-likeness (QED) is 0.145. The minimum atomic E-state index is 0. The van der Waals surface area contributed by atoms with Crippen molar-refractivity contribution in [1.82, 2.24) is 39.9 Å². The van der Waals surface area contributed by atoms with Gasteiger partial charge < -0.3 is 40.7 Å². The summed E-state index contributed by atoms with van der Waals surface area (Å²) >= 11 is 0. The van der Waals surface area contributed by atoms with Crippen LogP contribution in [-0.4, -0.2) is 53.8 Å². The van der Waals surface area contributed by atoms with E-state index in [1.54, 1.807) is 0 Å². The van der Waals surface area contributed by atoms with Gasteiger partial charge in [0.05, 0.1) is 23.3 Å². The summed E-state index contributed by atoms with van der Waals surface area (Å²) in [4.78, 5) is 43.1. The predicted molar refractivity (Wildman–Crippen MR) is 206 cm³/mol. The van der Waals surface area contributed by atoms with Crippen molar-refractivity contribution < 1.29 is 22.2 Å². The van der Waals surface area contributed by atoms with Crippen LogP contribution in [0, 0.1) is 5.41 Å². The van der Waals surface area contributed by atoms with Gasteiger partial charge in [-0.25, -0.2) is 15.0 Å². The molecule has 0 atom stereocenters. The van der Waals surface area contributed by atoms with Gasteiger partial charge in [0.2, 0.25) is 0 Å². The standard InChI is InChI=1S/C32H16N8.C8H7N3.CH4O.Cu/c1-2-10-18-17(9-1)25-33-26(18)38-28-21-13-5-6-14-22(21)30(35-28)40-32-24-16-8-7-15-23(24)31(36-32)39-29-20-12-4-3-11-19(20)27(34-29)37-25;9-7-5-3-1-2-4-6(5)8(10)11-7;1-2;/h1-16H;1-4H,(H3,9,10,11);2H,1H3;/q-2;;;+2. The van der Waals surface area contributed by atoms with E-state index in [-0.39, 0.29) is 22.9 Å². The third-order valence-electron chi connectivity index (χ3n) is 9.02. The third kappa shape index (κ3) is 5.69. The molecule has 3 aliphatic rings. The number of nitrogens with zero attached hydrogens (tertiary/aromatic N) is 9. The van der Waals surface area contributed by atoms with E-state index in [9.17, 15) is 0 Å². The fraction of sp³-hybridized carbons (Fsp3) is 0.0244. The van der Waals surface area contributed by atoms with E-state index in [4.69, 9.17) is 56.1 Å². The number of hydrogen-bond donors (Lipinski definition) is 3. The van der Waals surface area contributed by atoms with Crippen LogP contribution in [0.3, 0.4) is 0 Å². The summed E-state index contributed by atoms with van der Waals surface area (Å²) in [5.74, 6) is 2.92. The van der Waals surface area contributed by atoms with Crippen LogP contribution in [0.15, 0.2) is 126 Å². The molecule has 54 heavy (non-hydrogen) atoms. The molecule has 0 amide bonds. The van der Waals surface area contributed by atoms with Crippen molar-refractivity contribution in [2.75, 3.05) is 7.11 Å². The maximum Gasteiger partial charge on any atom is 2.00 e. The molecule has 4 N–H and O–H groups in total. The van der Waals surface area contributed by atoms with Crippen LogP contribution in [0.1, 0.15) is 11.1 Å². The Bertz CT molecular complexity index is 2670. The van der Waals surface area contributed by atoms with Gasteiger partial charge in [-0.3, -0.25) is 5.41 Å². The predicted octanol–water partition coefficient (Wildman–Crippen LogP) is 6.46. The van der Waals surface area contributed by atoms with Crippen molar-refractivity contribution in [3.8, 4) is 45.6 Å². The molecule has 5 aromatic carbocycles. The van der Waals surface area contributed by atoms with Gasteiger partial charge in [-0.05, 0) is 21.5 Å². The Morgan fingerprint density at radius 2 is 0.704 bits per heavy atom. The second-order valence-electron chi connectivity index (χ2n) is 12.1.